The molecule has 0 N–H and O–H groups in total. The summed E-state index contributed by atoms with van der Waals surface area (Å²) in [6.45, 7) is 13.8. The third kappa shape index (κ3) is 8.34. The van der Waals surface area contributed by atoms with Gasteiger partial charge in [0.05, 0.1) is 16.5 Å². The van der Waals surface area contributed by atoms with Gasteiger partial charge in [0.2, 0.25) is 5.69 Å². The molecule has 0 bridgehead atoms. The molecule has 0 saturated heterocycles. The van der Waals surface area contributed by atoms with Crippen LogP contribution in [0.1, 0.15) is 87.8 Å². The molecule has 0 radical (unpaired) electrons. The molecule has 2 atom stereocenters. The van der Waals surface area contributed by atoms with Crippen molar-refractivity contribution in [2.45, 2.75) is 90.4 Å². The van der Waals surface area contributed by atoms with Gasteiger partial charge in [0.25, 0.3) is 0 Å². The van der Waals surface area contributed by atoms with Crippen LogP contribution in [0.15, 0.2) is 121 Å². The van der Waals surface area contributed by atoms with Gasteiger partial charge >= 0.3 is 12.4 Å². The van der Waals surface area contributed by atoms with Gasteiger partial charge in [-0.1, -0.05) is 94.4 Å². The first-order valence-electron chi connectivity index (χ1n) is 19.2. The molecule has 4 aromatic carbocycles. The zero-order valence-corrected chi connectivity index (χ0v) is 32.5. The van der Waals surface area contributed by atoms with Crippen LogP contribution in [0.4, 0.5) is 37.7 Å². The van der Waals surface area contributed by atoms with Gasteiger partial charge in [0.1, 0.15) is 6.54 Å². The van der Waals surface area contributed by atoms with E-state index < -0.39 is 34.3 Å². The predicted molar refractivity (Wildman–Crippen MR) is 211 cm³/mol. The van der Waals surface area contributed by atoms with Crippen LogP contribution in [-0.2, 0) is 36.0 Å². The van der Waals surface area contributed by atoms with Crippen molar-refractivity contribution in [1.29, 1.82) is 0 Å². The third-order valence-corrected chi connectivity index (χ3v) is 11.3. The number of halogens is 6. The second kappa shape index (κ2) is 15.5. The minimum absolute atomic E-state index is 0.359. The average molecular weight is 758 g/mol. The standard InChI is InChI=1S/C47H51F6N2/c1-32(2)24-26-54-40-22-20-36(46(48,49)50)28-38(40)44(5,30-34-14-9-7-10-15-34)42(54)18-13-19-43-45(6,31-35-16-11-8-12-17-35)39-29-37(47(51,52)53)21-23-41(39)55(43)27-25-33(3)4/h7-23,28-29,32-33H,24-27,30-31H2,1-6H3/q+1. The van der Waals surface area contributed by atoms with Crippen molar-refractivity contribution >= 4 is 17.1 Å². The van der Waals surface area contributed by atoms with E-state index in [2.05, 4.69) is 37.2 Å². The molecular weight excluding hydrogens is 707 g/mol. The molecule has 2 unspecified atom stereocenters. The van der Waals surface area contributed by atoms with Crippen molar-refractivity contribution in [2.75, 3.05) is 18.0 Å². The third-order valence-electron chi connectivity index (χ3n) is 11.3. The topological polar surface area (TPSA) is 6.25 Å². The Morgan fingerprint density at radius 1 is 0.655 bits per heavy atom. The van der Waals surface area contributed by atoms with Crippen LogP contribution < -0.4 is 4.90 Å². The molecule has 2 nitrogen and oxygen atoms in total. The fourth-order valence-electron chi connectivity index (χ4n) is 8.33. The Hall–Kier alpha value is -4.59. The quantitative estimate of drug-likeness (QED) is 0.103. The zero-order valence-electron chi connectivity index (χ0n) is 32.5. The van der Waals surface area contributed by atoms with E-state index in [1.165, 1.54) is 24.3 Å². The zero-order chi connectivity index (χ0) is 39.8. The minimum Gasteiger partial charge on any atom is -0.344 e. The predicted octanol–water partition coefficient (Wildman–Crippen LogP) is 12.9. The van der Waals surface area contributed by atoms with Crippen LogP contribution in [0.5, 0.6) is 0 Å². The first kappa shape index (κ1) is 40.1. The molecule has 4 aromatic rings. The van der Waals surface area contributed by atoms with Crippen molar-refractivity contribution < 1.29 is 30.9 Å². The molecule has 0 aliphatic carbocycles. The van der Waals surface area contributed by atoms with Crippen molar-refractivity contribution in [1.82, 2.24) is 0 Å². The fourth-order valence-corrected chi connectivity index (χ4v) is 8.33. The normalized spacial score (nSPS) is 20.8. The van der Waals surface area contributed by atoms with Crippen LogP contribution in [0, 0.1) is 11.8 Å². The van der Waals surface area contributed by atoms with Crippen molar-refractivity contribution in [3.8, 4) is 0 Å². The molecule has 2 heterocycles. The van der Waals surface area contributed by atoms with Gasteiger partial charge in [-0.2, -0.15) is 30.9 Å². The molecule has 0 fully saturated rings. The van der Waals surface area contributed by atoms with Gasteiger partial charge in [0.15, 0.2) is 5.71 Å². The summed E-state index contributed by atoms with van der Waals surface area (Å²) in [6, 6.07) is 27.8. The number of hydrogen-bond donors (Lipinski definition) is 0. The summed E-state index contributed by atoms with van der Waals surface area (Å²) in [7, 11) is 0. The number of benzene rings is 4. The van der Waals surface area contributed by atoms with Crippen LogP contribution in [0.2, 0.25) is 0 Å². The lowest BCUT2D eigenvalue weighted by Crippen LogP contribution is -2.34. The maximum atomic E-state index is 14.2. The van der Waals surface area contributed by atoms with E-state index in [-0.39, 0.29) is 0 Å². The molecule has 2 aliphatic rings. The van der Waals surface area contributed by atoms with E-state index in [9.17, 15) is 26.3 Å². The van der Waals surface area contributed by atoms with E-state index in [4.69, 9.17) is 0 Å². The van der Waals surface area contributed by atoms with Gasteiger partial charge in [-0.25, -0.2) is 0 Å². The molecule has 55 heavy (non-hydrogen) atoms. The van der Waals surface area contributed by atoms with Gasteiger partial charge in [-0.15, -0.1) is 0 Å². The van der Waals surface area contributed by atoms with Gasteiger partial charge in [0, 0.05) is 47.5 Å². The van der Waals surface area contributed by atoms with E-state index >= 15 is 0 Å². The van der Waals surface area contributed by atoms with Gasteiger partial charge in [-0.05, 0) is 98.0 Å². The molecule has 2 aliphatic heterocycles. The summed E-state index contributed by atoms with van der Waals surface area (Å²) >= 11 is 0. The first-order chi connectivity index (χ1) is 25.9. The Balaban J connectivity index is 1.54. The second-order valence-electron chi connectivity index (χ2n) is 16.4. The van der Waals surface area contributed by atoms with E-state index in [0.29, 0.717) is 48.9 Å². The monoisotopic (exact) mass is 757 g/mol. The number of anilines is 1. The summed E-state index contributed by atoms with van der Waals surface area (Å²) in [5.74, 6) is 0.719. The second-order valence-corrected chi connectivity index (χ2v) is 16.4. The largest absolute Gasteiger partial charge is 0.416 e. The SMILES string of the molecule is CC(C)CCN1/C(=C/C=C/C2=[N+](CCC(C)C)c3ccc(C(F)(F)F)cc3C2(C)Cc2ccccc2)C(C)(Cc2ccccc2)c2cc(C(F)(F)F)ccc21. The number of alkyl halides is 6. The van der Waals surface area contributed by atoms with Gasteiger partial charge < -0.3 is 4.90 Å². The molecule has 6 rings (SSSR count). The highest BCUT2D eigenvalue weighted by atomic mass is 19.4. The Morgan fingerprint density at radius 3 is 1.73 bits per heavy atom. The van der Waals surface area contributed by atoms with Crippen molar-refractivity contribution in [3.05, 3.63) is 154 Å². The Bertz CT molecular complexity index is 2070. The highest BCUT2D eigenvalue weighted by Gasteiger charge is 2.50. The van der Waals surface area contributed by atoms with E-state index in [1.54, 1.807) is 12.1 Å². The van der Waals surface area contributed by atoms with E-state index in [1.807, 2.05) is 92.7 Å². The number of fused-ring (bicyclic) bond motifs is 2. The number of hydrogen-bond acceptors (Lipinski definition) is 1. The van der Waals surface area contributed by atoms with Crippen LogP contribution in [-0.4, -0.2) is 23.4 Å². The lowest BCUT2D eigenvalue weighted by atomic mass is 9.74. The molecule has 0 saturated carbocycles. The summed E-state index contributed by atoms with van der Waals surface area (Å²) in [4.78, 5) is 2.17. The molecule has 8 heteroatoms. The maximum Gasteiger partial charge on any atom is 0.416 e. The highest BCUT2D eigenvalue weighted by Crippen LogP contribution is 2.52. The molecule has 0 amide bonds. The summed E-state index contributed by atoms with van der Waals surface area (Å²) in [5.41, 5.74) is 3.58. The van der Waals surface area contributed by atoms with Crippen molar-refractivity contribution in [3.63, 3.8) is 0 Å². The molecular formula is C47H51F6N2+. The lowest BCUT2D eigenvalue weighted by molar-refractivity contribution is -0.439. The Labute approximate surface area is 321 Å². The summed E-state index contributed by atoms with van der Waals surface area (Å²) in [6.07, 6.45) is -0.363. The van der Waals surface area contributed by atoms with Crippen LogP contribution in [0.3, 0.4) is 0 Å². The van der Waals surface area contributed by atoms with Crippen LogP contribution in [0.25, 0.3) is 0 Å². The number of rotatable bonds is 12. The summed E-state index contributed by atoms with van der Waals surface area (Å²) in [5, 5.41) is 0. The smallest absolute Gasteiger partial charge is 0.344 e. The highest BCUT2D eigenvalue weighted by molar-refractivity contribution is 6.04. The minimum atomic E-state index is -4.50. The number of nitrogens with zero attached hydrogens (tertiary/aromatic N) is 2. The Morgan fingerprint density at radius 2 is 1.18 bits per heavy atom. The van der Waals surface area contributed by atoms with E-state index in [0.717, 1.165) is 46.8 Å². The molecule has 0 spiro atoms. The molecule has 290 valence electrons. The Kier molecular flexibility index (Phi) is 11.3. The first-order valence-corrected chi connectivity index (χ1v) is 19.2. The lowest BCUT2D eigenvalue weighted by Gasteiger charge is -2.31. The average Bonchev–Trinajstić information content (AvgIpc) is 3.49. The van der Waals surface area contributed by atoms with Crippen molar-refractivity contribution in [2.24, 2.45) is 11.8 Å². The van der Waals surface area contributed by atoms with Gasteiger partial charge in [-0.3, -0.25) is 0 Å². The summed E-state index contributed by atoms with van der Waals surface area (Å²) < 4.78 is 87.6. The maximum absolute atomic E-state index is 14.2. The van der Waals surface area contributed by atoms with Crippen LogP contribution >= 0.6 is 0 Å². The fraction of sp³-hybridized carbons (Fsp3) is 0.383. The molecule has 0 aromatic heterocycles. The number of allylic oxidation sites excluding steroid dienone is 4.